The number of rotatable bonds is 5. The highest BCUT2D eigenvalue weighted by molar-refractivity contribution is 5.82. The largest absolute Gasteiger partial charge is 0.508 e. The van der Waals surface area contributed by atoms with E-state index in [-0.39, 0.29) is 18.1 Å². The van der Waals surface area contributed by atoms with Crippen LogP contribution in [0.2, 0.25) is 0 Å². The number of aliphatic carboxylic acids is 1. The van der Waals surface area contributed by atoms with Gasteiger partial charge in [-0.3, -0.25) is 9.59 Å². The van der Waals surface area contributed by atoms with Gasteiger partial charge in [-0.05, 0) is 45.4 Å². The SMILES string of the molecule is CC(C)(NC(=O)Cc1ccc(O)cc1)C(C)(C)C(=O)O. The quantitative estimate of drug-likeness (QED) is 0.768. The zero-order chi connectivity index (χ0) is 15.6. The number of phenols is 1. The van der Waals surface area contributed by atoms with E-state index in [9.17, 15) is 19.8 Å². The molecule has 0 aliphatic rings. The molecule has 0 aliphatic heterocycles. The minimum absolute atomic E-state index is 0.138. The third-order valence-corrected chi connectivity index (χ3v) is 3.85. The van der Waals surface area contributed by atoms with Crippen LogP contribution < -0.4 is 5.32 Å². The first-order valence-electron chi connectivity index (χ1n) is 6.38. The molecule has 5 heteroatoms. The molecule has 1 aromatic carbocycles. The second-order valence-corrected chi connectivity index (χ2v) is 5.95. The Kier molecular flexibility index (Phi) is 4.43. The van der Waals surface area contributed by atoms with Gasteiger partial charge in [-0.2, -0.15) is 0 Å². The highest BCUT2D eigenvalue weighted by Gasteiger charge is 2.44. The number of phenolic OH excluding ortho intramolecular Hbond substituents is 1. The van der Waals surface area contributed by atoms with Crippen molar-refractivity contribution in [3.8, 4) is 5.75 Å². The Morgan fingerprint density at radius 3 is 2.05 bits per heavy atom. The average molecular weight is 279 g/mol. The molecule has 110 valence electrons. The fourth-order valence-corrected chi connectivity index (χ4v) is 1.62. The van der Waals surface area contributed by atoms with Gasteiger partial charge in [0.25, 0.3) is 0 Å². The Bertz CT molecular complexity index is 503. The van der Waals surface area contributed by atoms with E-state index >= 15 is 0 Å². The van der Waals surface area contributed by atoms with Gasteiger partial charge in [0.1, 0.15) is 5.75 Å². The number of carboxylic acid groups (broad SMARTS) is 1. The van der Waals surface area contributed by atoms with Gasteiger partial charge in [-0.1, -0.05) is 12.1 Å². The van der Waals surface area contributed by atoms with E-state index in [0.717, 1.165) is 5.56 Å². The summed E-state index contributed by atoms with van der Waals surface area (Å²) in [6.07, 6.45) is 0.138. The molecule has 1 rings (SSSR count). The molecular weight excluding hydrogens is 258 g/mol. The summed E-state index contributed by atoms with van der Waals surface area (Å²) in [4.78, 5) is 23.3. The van der Waals surface area contributed by atoms with Crippen LogP contribution in [0.5, 0.6) is 5.75 Å². The molecule has 1 amide bonds. The summed E-state index contributed by atoms with van der Waals surface area (Å²) in [6.45, 7) is 6.54. The molecule has 0 fully saturated rings. The van der Waals surface area contributed by atoms with Crippen LogP contribution in [0.1, 0.15) is 33.3 Å². The zero-order valence-electron chi connectivity index (χ0n) is 12.2. The van der Waals surface area contributed by atoms with Crippen molar-refractivity contribution >= 4 is 11.9 Å². The number of hydrogen-bond donors (Lipinski definition) is 3. The first-order chi connectivity index (χ1) is 9.06. The highest BCUT2D eigenvalue weighted by atomic mass is 16.4. The lowest BCUT2D eigenvalue weighted by molar-refractivity contribution is -0.151. The van der Waals surface area contributed by atoms with Crippen molar-refractivity contribution in [3.63, 3.8) is 0 Å². The molecule has 0 aliphatic carbocycles. The summed E-state index contributed by atoms with van der Waals surface area (Å²) in [5.74, 6) is -1.08. The summed E-state index contributed by atoms with van der Waals surface area (Å²) in [6, 6.07) is 6.33. The summed E-state index contributed by atoms with van der Waals surface area (Å²) in [5.41, 5.74) is -1.21. The molecule has 20 heavy (non-hydrogen) atoms. The van der Waals surface area contributed by atoms with Gasteiger partial charge in [0.05, 0.1) is 11.8 Å². The van der Waals surface area contributed by atoms with Crippen LogP contribution in [0.4, 0.5) is 0 Å². The maximum absolute atomic E-state index is 12.0. The van der Waals surface area contributed by atoms with E-state index in [1.54, 1.807) is 39.8 Å². The summed E-state index contributed by atoms with van der Waals surface area (Å²) < 4.78 is 0. The Morgan fingerprint density at radius 1 is 1.10 bits per heavy atom. The molecule has 0 saturated heterocycles. The first kappa shape index (κ1) is 16.0. The number of hydrogen-bond acceptors (Lipinski definition) is 3. The third kappa shape index (κ3) is 3.50. The average Bonchev–Trinajstić information content (AvgIpc) is 2.31. The number of aromatic hydroxyl groups is 1. The summed E-state index contributed by atoms with van der Waals surface area (Å²) >= 11 is 0. The van der Waals surface area contributed by atoms with E-state index in [2.05, 4.69) is 5.32 Å². The predicted molar refractivity (Wildman–Crippen MR) is 75.4 cm³/mol. The molecule has 1 aromatic rings. The van der Waals surface area contributed by atoms with Crippen LogP contribution in [0, 0.1) is 5.41 Å². The van der Waals surface area contributed by atoms with Gasteiger partial charge in [-0.15, -0.1) is 0 Å². The van der Waals surface area contributed by atoms with E-state index in [1.165, 1.54) is 12.1 Å². The molecule has 0 unspecified atom stereocenters. The minimum Gasteiger partial charge on any atom is -0.508 e. The summed E-state index contributed by atoms with van der Waals surface area (Å²) in [7, 11) is 0. The Morgan fingerprint density at radius 2 is 1.60 bits per heavy atom. The van der Waals surface area contributed by atoms with Gasteiger partial charge in [-0.25, -0.2) is 0 Å². The molecule has 0 spiro atoms. The number of amides is 1. The monoisotopic (exact) mass is 279 g/mol. The van der Waals surface area contributed by atoms with Crippen LogP contribution in [0.15, 0.2) is 24.3 Å². The number of nitrogens with one attached hydrogen (secondary N) is 1. The van der Waals surface area contributed by atoms with Gasteiger partial charge >= 0.3 is 5.97 Å². The molecule has 0 atom stereocenters. The highest BCUT2D eigenvalue weighted by Crippen LogP contribution is 2.30. The van der Waals surface area contributed by atoms with Crippen molar-refractivity contribution in [1.82, 2.24) is 5.32 Å². The summed E-state index contributed by atoms with van der Waals surface area (Å²) in [5, 5.41) is 21.2. The molecule has 0 aromatic heterocycles. The van der Waals surface area contributed by atoms with E-state index < -0.39 is 16.9 Å². The maximum atomic E-state index is 12.0. The standard InChI is InChI=1S/C15H21NO4/c1-14(2,13(19)20)15(3,4)16-12(18)9-10-5-7-11(17)8-6-10/h5-8,17H,9H2,1-4H3,(H,16,18)(H,19,20). The smallest absolute Gasteiger partial charge is 0.311 e. The fourth-order valence-electron chi connectivity index (χ4n) is 1.62. The van der Waals surface area contributed by atoms with Crippen LogP contribution in [-0.4, -0.2) is 27.6 Å². The lowest BCUT2D eigenvalue weighted by Gasteiger charge is -2.38. The maximum Gasteiger partial charge on any atom is 0.311 e. The van der Waals surface area contributed by atoms with E-state index in [4.69, 9.17) is 0 Å². The van der Waals surface area contributed by atoms with Crippen LogP contribution in [0.25, 0.3) is 0 Å². The van der Waals surface area contributed by atoms with Crippen molar-refractivity contribution in [2.75, 3.05) is 0 Å². The predicted octanol–water partition coefficient (Wildman–Crippen LogP) is 1.94. The van der Waals surface area contributed by atoms with Gasteiger partial charge in [0.2, 0.25) is 5.91 Å². The lowest BCUT2D eigenvalue weighted by Crippen LogP contribution is -2.57. The molecule has 0 saturated carbocycles. The van der Waals surface area contributed by atoms with Crippen molar-refractivity contribution in [1.29, 1.82) is 0 Å². The second-order valence-electron chi connectivity index (χ2n) is 5.95. The zero-order valence-corrected chi connectivity index (χ0v) is 12.2. The molecule has 0 heterocycles. The number of carbonyl (C=O) groups excluding carboxylic acids is 1. The van der Waals surface area contributed by atoms with E-state index in [0.29, 0.717) is 0 Å². The first-order valence-corrected chi connectivity index (χ1v) is 6.38. The number of benzene rings is 1. The van der Waals surface area contributed by atoms with Crippen LogP contribution in [-0.2, 0) is 16.0 Å². The number of carboxylic acids is 1. The lowest BCUT2D eigenvalue weighted by atomic mass is 9.74. The Labute approximate surface area is 118 Å². The van der Waals surface area contributed by atoms with Crippen LogP contribution in [0.3, 0.4) is 0 Å². The van der Waals surface area contributed by atoms with Gasteiger partial charge in [0, 0.05) is 5.54 Å². The molecule has 0 bridgehead atoms. The molecule has 5 nitrogen and oxygen atoms in total. The second kappa shape index (κ2) is 5.53. The van der Waals surface area contributed by atoms with Crippen molar-refractivity contribution in [2.24, 2.45) is 5.41 Å². The van der Waals surface area contributed by atoms with Crippen molar-refractivity contribution in [3.05, 3.63) is 29.8 Å². The van der Waals surface area contributed by atoms with Gasteiger partial charge < -0.3 is 15.5 Å². The number of carbonyl (C=O) groups is 2. The Balaban J connectivity index is 2.75. The minimum atomic E-state index is -1.09. The molecule has 0 radical (unpaired) electrons. The fraction of sp³-hybridized carbons (Fsp3) is 0.467. The van der Waals surface area contributed by atoms with Crippen molar-refractivity contribution < 1.29 is 19.8 Å². The van der Waals surface area contributed by atoms with Gasteiger partial charge in [0.15, 0.2) is 0 Å². The van der Waals surface area contributed by atoms with Crippen LogP contribution >= 0.6 is 0 Å². The molecule has 3 N–H and O–H groups in total. The Hall–Kier alpha value is -2.04. The topological polar surface area (TPSA) is 86.6 Å². The van der Waals surface area contributed by atoms with Crippen molar-refractivity contribution in [2.45, 2.75) is 39.7 Å². The normalized spacial score (nSPS) is 12.0. The van der Waals surface area contributed by atoms with E-state index in [1.807, 2.05) is 0 Å². The molecular formula is C15H21NO4. The third-order valence-electron chi connectivity index (χ3n) is 3.85.